The van der Waals surface area contributed by atoms with E-state index in [1.54, 1.807) is 12.1 Å². The Morgan fingerprint density at radius 2 is 1.84 bits per heavy atom. The van der Waals surface area contributed by atoms with Crippen molar-refractivity contribution in [2.45, 2.75) is 19.4 Å². The van der Waals surface area contributed by atoms with E-state index in [1.807, 2.05) is 25.1 Å². The summed E-state index contributed by atoms with van der Waals surface area (Å²) in [6, 6.07) is 10.7. The van der Waals surface area contributed by atoms with Crippen molar-refractivity contribution in [2.75, 3.05) is 0 Å². The molecular weight excluding hydrogens is 373 g/mol. The molecule has 0 aromatic heterocycles. The molecule has 2 aromatic rings. The number of hydrogen-bond acceptors (Lipinski definition) is 1. The lowest BCUT2D eigenvalue weighted by Crippen LogP contribution is -2.14. The zero-order valence-corrected chi connectivity index (χ0v) is 13.6. The minimum absolute atomic E-state index is 0.217. The van der Waals surface area contributed by atoms with Crippen LogP contribution in [0.2, 0.25) is 0 Å². The Bertz CT molecular complexity index is 578. The van der Waals surface area contributed by atoms with Crippen LogP contribution in [-0.4, -0.2) is 0 Å². The third-order valence-corrected chi connectivity index (χ3v) is 3.89. The van der Waals surface area contributed by atoms with Gasteiger partial charge in [0.05, 0.1) is 0 Å². The van der Waals surface area contributed by atoms with Gasteiger partial charge in [-0.2, -0.15) is 0 Å². The molecule has 1 atom stereocenters. The number of rotatable bonds is 3. The normalized spacial score (nSPS) is 12.5. The van der Waals surface area contributed by atoms with Gasteiger partial charge < -0.3 is 5.73 Å². The molecule has 0 heterocycles. The molecule has 0 aliphatic heterocycles. The fourth-order valence-electron chi connectivity index (χ4n) is 2.03. The van der Waals surface area contributed by atoms with Crippen molar-refractivity contribution < 1.29 is 4.39 Å². The number of benzene rings is 2. The summed E-state index contributed by atoms with van der Waals surface area (Å²) in [5, 5.41) is 0. The number of nitrogens with two attached hydrogens (primary N) is 1. The van der Waals surface area contributed by atoms with Crippen LogP contribution in [0.3, 0.4) is 0 Å². The standard InChI is InChI=1S/C15H14Br2FN/c1-9-4-11(7-13(17)5-9)15(19)8-10-6-12(16)2-3-14(10)18/h2-7,15H,8,19H2,1H3. The first-order valence-corrected chi connectivity index (χ1v) is 7.51. The molecule has 19 heavy (non-hydrogen) atoms. The summed E-state index contributed by atoms with van der Waals surface area (Å²) in [5.41, 5.74) is 8.95. The molecule has 0 spiro atoms. The zero-order valence-electron chi connectivity index (χ0n) is 10.5. The zero-order chi connectivity index (χ0) is 14.0. The minimum Gasteiger partial charge on any atom is -0.324 e. The van der Waals surface area contributed by atoms with E-state index in [0.29, 0.717) is 12.0 Å². The molecule has 0 fully saturated rings. The molecule has 2 aromatic carbocycles. The predicted octanol–water partition coefficient (Wildman–Crippen LogP) is 4.90. The molecule has 100 valence electrons. The van der Waals surface area contributed by atoms with Crippen LogP contribution in [0.1, 0.15) is 22.7 Å². The summed E-state index contributed by atoms with van der Waals surface area (Å²) in [4.78, 5) is 0. The Morgan fingerprint density at radius 3 is 2.53 bits per heavy atom. The van der Waals surface area contributed by atoms with Crippen molar-refractivity contribution in [3.05, 3.63) is 67.9 Å². The number of halogens is 3. The van der Waals surface area contributed by atoms with Crippen LogP contribution in [0, 0.1) is 12.7 Å². The van der Waals surface area contributed by atoms with Crippen LogP contribution in [-0.2, 0) is 6.42 Å². The molecule has 0 bridgehead atoms. The average molecular weight is 387 g/mol. The van der Waals surface area contributed by atoms with Crippen molar-refractivity contribution in [2.24, 2.45) is 5.73 Å². The first kappa shape index (κ1) is 14.7. The maximum Gasteiger partial charge on any atom is 0.126 e. The third-order valence-electron chi connectivity index (χ3n) is 2.94. The molecule has 1 nitrogen and oxygen atoms in total. The Balaban J connectivity index is 2.25. The summed E-state index contributed by atoms with van der Waals surface area (Å²) in [7, 11) is 0. The molecule has 0 saturated carbocycles. The molecule has 0 aliphatic rings. The SMILES string of the molecule is Cc1cc(Br)cc(C(N)Cc2cc(Br)ccc2F)c1. The van der Waals surface area contributed by atoms with E-state index in [2.05, 4.69) is 31.9 Å². The van der Waals surface area contributed by atoms with Gasteiger partial charge in [0.25, 0.3) is 0 Å². The highest BCUT2D eigenvalue weighted by molar-refractivity contribution is 9.10. The summed E-state index contributed by atoms with van der Waals surface area (Å²) in [5.74, 6) is -0.217. The molecule has 1 unspecified atom stereocenters. The fraction of sp³-hybridized carbons (Fsp3) is 0.200. The Kier molecular flexibility index (Phi) is 4.76. The van der Waals surface area contributed by atoms with E-state index in [-0.39, 0.29) is 11.9 Å². The van der Waals surface area contributed by atoms with Crippen molar-refractivity contribution in [1.29, 1.82) is 0 Å². The monoisotopic (exact) mass is 385 g/mol. The van der Waals surface area contributed by atoms with Gasteiger partial charge in [-0.3, -0.25) is 0 Å². The lowest BCUT2D eigenvalue weighted by atomic mass is 9.98. The van der Waals surface area contributed by atoms with Gasteiger partial charge >= 0.3 is 0 Å². The van der Waals surface area contributed by atoms with E-state index in [9.17, 15) is 4.39 Å². The lowest BCUT2D eigenvalue weighted by molar-refractivity contribution is 0.593. The maximum absolute atomic E-state index is 13.7. The maximum atomic E-state index is 13.7. The van der Waals surface area contributed by atoms with Crippen LogP contribution in [0.25, 0.3) is 0 Å². The summed E-state index contributed by atoms with van der Waals surface area (Å²) in [6.45, 7) is 2.01. The van der Waals surface area contributed by atoms with Crippen molar-refractivity contribution in [3.63, 3.8) is 0 Å². The first-order valence-electron chi connectivity index (χ1n) is 5.92. The Hall–Kier alpha value is -0.710. The molecule has 2 N–H and O–H groups in total. The van der Waals surface area contributed by atoms with Gasteiger partial charge in [-0.1, -0.05) is 37.9 Å². The molecule has 0 radical (unpaired) electrons. The van der Waals surface area contributed by atoms with Crippen LogP contribution >= 0.6 is 31.9 Å². The molecular formula is C15H14Br2FN. The highest BCUT2D eigenvalue weighted by Crippen LogP contribution is 2.24. The van der Waals surface area contributed by atoms with Crippen molar-refractivity contribution in [1.82, 2.24) is 0 Å². The largest absolute Gasteiger partial charge is 0.324 e. The van der Waals surface area contributed by atoms with Gasteiger partial charge in [0.2, 0.25) is 0 Å². The van der Waals surface area contributed by atoms with Crippen molar-refractivity contribution in [3.8, 4) is 0 Å². The molecule has 0 saturated heterocycles. The van der Waals surface area contributed by atoms with Crippen LogP contribution in [0.4, 0.5) is 4.39 Å². The van der Waals surface area contributed by atoms with Gasteiger partial charge in [0, 0.05) is 15.0 Å². The fourth-order valence-corrected chi connectivity index (χ4v) is 3.07. The third kappa shape index (κ3) is 3.88. The second kappa shape index (κ2) is 6.16. The molecule has 4 heteroatoms. The Morgan fingerprint density at radius 1 is 1.11 bits per heavy atom. The highest BCUT2D eigenvalue weighted by atomic mass is 79.9. The molecule has 0 aliphatic carbocycles. The Labute approximate surface area is 129 Å². The van der Waals surface area contributed by atoms with Crippen LogP contribution in [0.5, 0.6) is 0 Å². The van der Waals surface area contributed by atoms with E-state index in [0.717, 1.165) is 20.1 Å². The smallest absolute Gasteiger partial charge is 0.126 e. The minimum atomic E-state index is -0.222. The van der Waals surface area contributed by atoms with Gasteiger partial charge in [0.15, 0.2) is 0 Å². The average Bonchev–Trinajstić information content (AvgIpc) is 2.32. The lowest BCUT2D eigenvalue weighted by Gasteiger charge is -2.14. The van der Waals surface area contributed by atoms with Crippen molar-refractivity contribution >= 4 is 31.9 Å². The van der Waals surface area contributed by atoms with Gasteiger partial charge in [-0.25, -0.2) is 4.39 Å². The van der Waals surface area contributed by atoms with Crippen LogP contribution in [0.15, 0.2) is 45.3 Å². The second-order valence-corrected chi connectivity index (χ2v) is 6.44. The highest BCUT2D eigenvalue weighted by Gasteiger charge is 2.12. The van der Waals surface area contributed by atoms with E-state index >= 15 is 0 Å². The quantitative estimate of drug-likeness (QED) is 0.797. The number of aryl methyl sites for hydroxylation is 1. The van der Waals surface area contributed by atoms with Gasteiger partial charge in [0.1, 0.15) is 5.82 Å². The molecule has 2 rings (SSSR count). The van der Waals surface area contributed by atoms with Gasteiger partial charge in [-0.05, 0) is 60.4 Å². The topological polar surface area (TPSA) is 26.0 Å². The van der Waals surface area contributed by atoms with Gasteiger partial charge in [-0.15, -0.1) is 0 Å². The van der Waals surface area contributed by atoms with Crippen LogP contribution < -0.4 is 5.73 Å². The second-order valence-electron chi connectivity index (χ2n) is 4.61. The first-order chi connectivity index (χ1) is 8.95. The van der Waals surface area contributed by atoms with E-state index in [4.69, 9.17) is 5.73 Å². The summed E-state index contributed by atoms with van der Waals surface area (Å²) < 4.78 is 15.6. The van der Waals surface area contributed by atoms with E-state index < -0.39 is 0 Å². The summed E-state index contributed by atoms with van der Waals surface area (Å²) >= 11 is 6.81. The number of hydrogen-bond donors (Lipinski definition) is 1. The summed E-state index contributed by atoms with van der Waals surface area (Å²) in [6.07, 6.45) is 0.473. The molecule has 0 amide bonds. The van der Waals surface area contributed by atoms with E-state index in [1.165, 1.54) is 6.07 Å². The predicted molar refractivity (Wildman–Crippen MR) is 83.6 cm³/mol.